The molecule has 2 aromatic rings. The van der Waals surface area contributed by atoms with Crippen LogP contribution in [-0.4, -0.2) is 54.2 Å². The molecule has 0 radical (unpaired) electrons. The van der Waals surface area contributed by atoms with Crippen molar-refractivity contribution in [2.45, 2.75) is 69.4 Å². The van der Waals surface area contributed by atoms with Gasteiger partial charge in [0.15, 0.2) is 11.5 Å². The topological polar surface area (TPSA) is 97.3 Å². The molecule has 1 atom stereocenters. The minimum absolute atomic E-state index is 0.0175. The number of rotatable bonds is 11. The molecule has 0 bridgehead atoms. The van der Waals surface area contributed by atoms with Gasteiger partial charge in [0.05, 0.1) is 6.61 Å². The van der Waals surface area contributed by atoms with Crippen molar-refractivity contribution < 1.29 is 55.2 Å². The van der Waals surface area contributed by atoms with Gasteiger partial charge in [0, 0.05) is 12.1 Å². The lowest BCUT2D eigenvalue weighted by Crippen LogP contribution is -2.53. The van der Waals surface area contributed by atoms with Crippen molar-refractivity contribution in [2.75, 3.05) is 19.9 Å². The molecule has 1 unspecified atom stereocenters. The smallest absolute Gasteiger partial charge is 0.430 e. The Hall–Kier alpha value is -3.68. The number of imide groups is 1. The van der Waals surface area contributed by atoms with Crippen molar-refractivity contribution >= 4 is 11.9 Å². The average Bonchev–Trinajstić information content (AvgIpc) is 3.49. The fourth-order valence-corrected chi connectivity index (χ4v) is 5.08. The summed E-state index contributed by atoms with van der Waals surface area (Å²) in [5, 5.41) is 12.5. The summed E-state index contributed by atoms with van der Waals surface area (Å²) in [4.78, 5) is 27.2. The fourth-order valence-electron chi connectivity index (χ4n) is 5.08. The molecule has 42 heavy (non-hydrogen) atoms. The zero-order chi connectivity index (χ0) is 30.9. The van der Waals surface area contributed by atoms with Crippen LogP contribution in [0.25, 0.3) is 0 Å². The largest absolute Gasteiger partial charge is 0.493 e. The lowest BCUT2D eigenvalue weighted by molar-refractivity contribution is -0.376. The highest BCUT2D eigenvalue weighted by Gasteiger charge is 2.71. The predicted octanol–water partition coefficient (Wildman–Crippen LogP) is 5.70. The number of hydrogen-bond acceptors (Lipinski definition) is 6. The van der Waals surface area contributed by atoms with Gasteiger partial charge in [0.1, 0.15) is 11.3 Å². The van der Waals surface area contributed by atoms with Crippen LogP contribution in [0.1, 0.15) is 56.2 Å². The lowest BCUT2D eigenvalue weighted by atomic mass is 9.87. The molecular formula is C28H30F6N2O6. The molecule has 0 aromatic heterocycles. The van der Waals surface area contributed by atoms with E-state index in [2.05, 4.69) is 5.32 Å². The summed E-state index contributed by atoms with van der Waals surface area (Å²) >= 11 is 0. The number of carbonyl (C=O) groups excluding carboxylic acids is 2. The first-order valence-corrected chi connectivity index (χ1v) is 13.4. The number of alkyl halides is 6. The Morgan fingerprint density at radius 1 is 0.976 bits per heavy atom. The van der Waals surface area contributed by atoms with E-state index in [0.29, 0.717) is 48.5 Å². The first-order chi connectivity index (χ1) is 19.7. The maximum absolute atomic E-state index is 13.4. The summed E-state index contributed by atoms with van der Waals surface area (Å²) in [6.45, 7) is 3.59. The normalized spacial score (nSPS) is 18.9. The molecule has 8 nitrogen and oxygen atoms in total. The Bertz CT molecular complexity index is 1320. The summed E-state index contributed by atoms with van der Waals surface area (Å²) in [7, 11) is 0. The molecular weight excluding hydrogens is 574 g/mol. The van der Waals surface area contributed by atoms with E-state index in [0.717, 1.165) is 11.0 Å². The highest BCUT2D eigenvalue weighted by Crippen LogP contribution is 2.50. The SMILES string of the molecule is CCCc1cc(C(O)(C(F)(F)F)C(F)(F)F)ccc1OCCCCN1C(=O)NC(CC)(c2ccc3c(c2)OCO3)C1=O. The molecule has 3 amide bonds. The molecule has 4 rings (SSSR count). The van der Waals surface area contributed by atoms with Crippen molar-refractivity contribution in [3.63, 3.8) is 0 Å². The van der Waals surface area contributed by atoms with Crippen LogP contribution in [0.5, 0.6) is 17.2 Å². The Labute approximate surface area is 237 Å². The summed E-state index contributed by atoms with van der Waals surface area (Å²) in [5.41, 5.74) is -7.03. The number of nitrogens with one attached hydrogen (secondary N) is 1. The van der Waals surface area contributed by atoms with Gasteiger partial charge < -0.3 is 24.6 Å². The van der Waals surface area contributed by atoms with Crippen molar-refractivity contribution in [2.24, 2.45) is 0 Å². The van der Waals surface area contributed by atoms with Crippen LogP contribution in [0, 0.1) is 0 Å². The summed E-state index contributed by atoms with van der Waals surface area (Å²) < 4.78 is 96.3. The van der Waals surface area contributed by atoms with Gasteiger partial charge in [0.25, 0.3) is 11.5 Å². The molecule has 2 aliphatic rings. The van der Waals surface area contributed by atoms with Crippen LogP contribution in [-0.2, 0) is 22.4 Å². The molecule has 0 saturated carbocycles. The van der Waals surface area contributed by atoms with Crippen molar-refractivity contribution in [3.8, 4) is 17.2 Å². The minimum Gasteiger partial charge on any atom is -0.493 e. The first-order valence-electron chi connectivity index (χ1n) is 13.4. The molecule has 14 heteroatoms. The fraction of sp³-hybridized carbons (Fsp3) is 0.500. The summed E-state index contributed by atoms with van der Waals surface area (Å²) in [6.07, 6.45) is -10.6. The second-order valence-electron chi connectivity index (χ2n) is 10.0. The van der Waals surface area contributed by atoms with E-state index < -0.39 is 41.0 Å². The quantitative estimate of drug-likeness (QED) is 0.194. The Kier molecular flexibility index (Phi) is 8.59. The predicted molar refractivity (Wildman–Crippen MR) is 136 cm³/mol. The third-order valence-corrected chi connectivity index (χ3v) is 7.42. The number of nitrogens with zero attached hydrogens (tertiary/aromatic N) is 1. The van der Waals surface area contributed by atoms with Gasteiger partial charge in [-0.05, 0) is 61.1 Å². The van der Waals surface area contributed by atoms with E-state index in [-0.39, 0.29) is 44.1 Å². The number of carbonyl (C=O) groups is 2. The van der Waals surface area contributed by atoms with E-state index in [9.17, 15) is 41.0 Å². The molecule has 0 aliphatic carbocycles. The standard InChI is InChI=1S/C28H30F6N2O6/c1-3-7-17-14-19(26(39,27(29,30)31)28(32,33)34)9-10-20(17)40-13-6-5-12-36-23(37)25(4-2,35-24(36)38)18-8-11-21-22(15-18)42-16-41-21/h8-11,14-15,39H,3-7,12-13,16H2,1-2H3,(H,35,38). The number of hydrogen-bond donors (Lipinski definition) is 2. The van der Waals surface area contributed by atoms with Crippen molar-refractivity contribution in [3.05, 3.63) is 53.1 Å². The summed E-state index contributed by atoms with van der Waals surface area (Å²) in [6, 6.07) is 6.63. The van der Waals surface area contributed by atoms with Gasteiger partial charge in [-0.15, -0.1) is 0 Å². The molecule has 2 N–H and O–H groups in total. The van der Waals surface area contributed by atoms with Crippen LogP contribution in [0.4, 0.5) is 31.1 Å². The van der Waals surface area contributed by atoms with Crippen LogP contribution in [0.15, 0.2) is 36.4 Å². The summed E-state index contributed by atoms with van der Waals surface area (Å²) in [5.74, 6) is 0.647. The molecule has 1 fully saturated rings. The van der Waals surface area contributed by atoms with Gasteiger partial charge in [-0.2, -0.15) is 26.3 Å². The average molecular weight is 605 g/mol. The van der Waals surface area contributed by atoms with Crippen LogP contribution in [0.3, 0.4) is 0 Å². The Morgan fingerprint density at radius 2 is 1.67 bits per heavy atom. The number of ether oxygens (including phenoxy) is 3. The van der Waals surface area contributed by atoms with Crippen LogP contribution >= 0.6 is 0 Å². The minimum atomic E-state index is -5.99. The number of halogens is 6. The lowest BCUT2D eigenvalue weighted by Gasteiger charge is -2.33. The maximum Gasteiger partial charge on any atom is 0.430 e. The van der Waals surface area contributed by atoms with Crippen molar-refractivity contribution in [1.82, 2.24) is 10.2 Å². The van der Waals surface area contributed by atoms with Gasteiger partial charge in [0.2, 0.25) is 6.79 Å². The van der Waals surface area contributed by atoms with Gasteiger partial charge in [-0.3, -0.25) is 9.69 Å². The molecule has 230 valence electrons. The Balaban J connectivity index is 1.39. The van der Waals surface area contributed by atoms with E-state index in [1.807, 2.05) is 0 Å². The number of amides is 3. The zero-order valence-corrected chi connectivity index (χ0v) is 22.8. The molecule has 1 saturated heterocycles. The number of aliphatic hydroxyl groups is 1. The number of unbranched alkanes of at least 4 members (excludes halogenated alkanes) is 1. The third kappa shape index (κ3) is 5.43. The third-order valence-electron chi connectivity index (χ3n) is 7.42. The number of aryl methyl sites for hydroxylation is 1. The van der Waals surface area contributed by atoms with Crippen LogP contribution < -0.4 is 19.5 Å². The second-order valence-corrected chi connectivity index (χ2v) is 10.0. The van der Waals surface area contributed by atoms with E-state index in [4.69, 9.17) is 14.2 Å². The highest BCUT2D eigenvalue weighted by atomic mass is 19.4. The van der Waals surface area contributed by atoms with Gasteiger partial charge in [-0.25, -0.2) is 4.79 Å². The molecule has 2 heterocycles. The Morgan fingerprint density at radius 3 is 2.31 bits per heavy atom. The van der Waals surface area contributed by atoms with Crippen LogP contribution in [0.2, 0.25) is 0 Å². The number of benzene rings is 2. The monoisotopic (exact) mass is 604 g/mol. The molecule has 2 aromatic carbocycles. The first kappa shape index (κ1) is 31.3. The number of urea groups is 1. The number of fused-ring (bicyclic) bond motifs is 1. The van der Waals surface area contributed by atoms with Crippen molar-refractivity contribution in [1.29, 1.82) is 0 Å². The molecule has 0 spiro atoms. The van der Waals surface area contributed by atoms with E-state index >= 15 is 0 Å². The van der Waals surface area contributed by atoms with E-state index in [1.165, 1.54) is 0 Å². The van der Waals surface area contributed by atoms with Gasteiger partial charge in [-0.1, -0.05) is 32.4 Å². The second kappa shape index (κ2) is 11.5. The molecule has 2 aliphatic heterocycles. The van der Waals surface area contributed by atoms with Gasteiger partial charge >= 0.3 is 18.4 Å². The van der Waals surface area contributed by atoms with E-state index in [1.54, 1.807) is 32.0 Å². The maximum atomic E-state index is 13.4. The highest BCUT2D eigenvalue weighted by molar-refractivity contribution is 6.07. The zero-order valence-electron chi connectivity index (χ0n) is 22.8.